The molecule has 4 amide bonds. The second-order valence-corrected chi connectivity index (χ2v) is 6.83. The Morgan fingerprint density at radius 3 is 2.47 bits per heavy atom. The number of halogens is 1. The molecule has 2 aromatic carbocycles. The summed E-state index contributed by atoms with van der Waals surface area (Å²) in [6.07, 6.45) is 1.22. The van der Waals surface area contributed by atoms with E-state index in [1.807, 2.05) is 0 Å². The highest BCUT2D eigenvalue weighted by Gasteiger charge is 2.36. The predicted octanol–water partition coefficient (Wildman–Crippen LogP) is 2.57. The summed E-state index contributed by atoms with van der Waals surface area (Å²) >= 11 is 6.21. The Bertz CT molecular complexity index is 1130. The summed E-state index contributed by atoms with van der Waals surface area (Å²) in [6, 6.07) is 7.11. The van der Waals surface area contributed by atoms with Crippen LogP contribution in [0.4, 0.5) is 10.5 Å². The van der Waals surface area contributed by atoms with Crippen LogP contribution in [-0.4, -0.2) is 47.2 Å². The zero-order chi connectivity index (χ0) is 23.4. The number of barbiturate groups is 1. The molecule has 1 saturated heterocycles. The summed E-state index contributed by atoms with van der Waals surface area (Å²) in [5.41, 5.74) is 0.0733. The Kier molecular flexibility index (Phi) is 6.64. The SMILES string of the molecule is CCOc1cc(/C=C2\C(=O)NC(=O)N(c3ccc(O)cc3)C2=O)cc(Cl)c1OCC(=O)O. The van der Waals surface area contributed by atoms with Crippen molar-refractivity contribution < 1.29 is 38.9 Å². The smallest absolute Gasteiger partial charge is 0.341 e. The van der Waals surface area contributed by atoms with Crippen molar-refractivity contribution in [2.75, 3.05) is 18.1 Å². The Balaban J connectivity index is 2.00. The molecule has 1 aliphatic heterocycles. The van der Waals surface area contributed by atoms with Crippen LogP contribution in [0.3, 0.4) is 0 Å². The molecule has 3 N–H and O–H groups in total. The van der Waals surface area contributed by atoms with Crippen molar-refractivity contribution in [3.63, 3.8) is 0 Å². The van der Waals surface area contributed by atoms with Gasteiger partial charge in [0, 0.05) is 0 Å². The standard InChI is InChI=1S/C21H17ClN2O8/c1-2-31-16-9-11(8-15(22)18(16)32-10-17(26)27)7-14-19(28)23-21(30)24(20(14)29)12-3-5-13(25)6-4-12/h3-9,25H,2,10H2,1H3,(H,26,27)(H,23,28,30)/b14-7+. The number of urea groups is 1. The van der Waals surface area contributed by atoms with E-state index in [2.05, 4.69) is 5.32 Å². The van der Waals surface area contributed by atoms with Crippen LogP contribution in [0.5, 0.6) is 17.2 Å². The number of carbonyl (C=O) groups is 4. The van der Waals surface area contributed by atoms with Crippen LogP contribution in [0.1, 0.15) is 12.5 Å². The molecule has 0 spiro atoms. The Morgan fingerprint density at radius 2 is 1.84 bits per heavy atom. The van der Waals surface area contributed by atoms with Crippen LogP contribution in [0, 0.1) is 0 Å². The fraction of sp³-hybridized carbons (Fsp3) is 0.143. The molecule has 0 radical (unpaired) electrons. The molecule has 10 nitrogen and oxygen atoms in total. The molecule has 0 bridgehead atoms. The third kappa shape index (κ3) is 4.81. The molecule has 1 fully saturated rings. The third-order valence-corrected chi connectivity index (χ3v) is 4.47. The number of aliphatic carboxylic acids is 1. The van der Waals surface area contributed by atoms with Gasteiger partial charge < -0.3 is 19.7 Å². The van der Waals surface area contributed by atoms with Gasteiger partial charge in [-0.3, -0.25) is 14.9 Å². The van der Waals surface area contributed by atoms with E-state index in [1.54, 1.807) is 6.92 Å². The molecule has 0 aromatic heterocycles. The quantitative estimate of drug-likeness (QED) is 0.422. The van der Waals surface area contributed by atoms with Gasteiger partial charge in [0.2, 0.25) is 0 Å². The van der Waals surface area contributed by atoms with Crippen LogP contribution in [-0.2, 0) is 14.4 Å². The number of anilines is 1. The molecular formula is C21H17ClN2O8. The van der Waals surface area contributed by atoms with Gasteiger partial charge in [0.25, 0.3) is 11.8 Å². The van der Waals surface area contributed by atoms with Crippen LogP contribution < -0.4 is 19.7 Å². The number of hydrogen-bond donors (Lipinski definition) is 3. The number of carboxylic acid groups (broad SMARTS) is 1. The number of phenols is 1. The summed E-state index contributed by atoms with van der Waals surface area (Å²) in [5.74, 6) is -2.95. The first-order valence-electron chi connectivity index (χ1n) is 9.22. The Hall–Kier alpha value is -4.05. The fourth-order valence-electron chi connectivity index (χ4n) is 2.87. The third-order valence-electron chi connectivity index (χ3n) is 4.19. The number of phenolic OH excluding ortho intramolecular Hbond substituents is 1. The average Bonchev–Trinajstić information content (AvgIpc) is 2.72. The molecule has 0 aliphatic carbocycles. The highest BCUT2D eigenvalue weighted by Crippen LogP contribution is 2.37. The van der Waals surface area contributed by atoms with Crippen LogP contribution >= 0.6 is 11.6 Å². The first-order valence-corrected chi connectivity index (χ1v) is 9.60. The minimum Gasteiger partial charge on any atom is -0.508 e. The zero-order valence-electron chi connectivity index (χ0n) is 16.6. The second-order valence-electron chi connectivity index (χ2n) is 6.42. The summed E-state index contributed by atoms with van der Waals surface area (Å²) in [6.45, 7) is 1.26. The molecule has 166 valence electrons. The van der Waals surface area contributed by atoms with E-state index >= 15 is 0 Å². The lowest BCUT2D eigenvalue weighted by Crippen LogP contribution is -2.54. The summed E-state index contributed by atoms with van der Waals surface area (Å²) in [4.78, 5) is 49.1. The molecular weight excluding hydrogens is 444 g/mol. The normalized spacial score (nSPS) is 15.0. The average molecular weight is 461 g/mol. The van der Waals surface area contributed by atoms with Crippen LogP contribution in [0.2, 0.25) is 5.02 Å². The van der Waals surface area contributed by atoms with Crippen molar-refractivity contribution in [1.29, 1.82) is 0 Å². The summed E-state index contributed by atoms with van der Waals surface area (Å²) in [7, 11) is 0. The first-order chi connectivity index (χ1) is 15.2. The maximum Gasteiger partial charge on any atom is 0.341 e. The van der Waals surface area contributed by atoms with Crippen LogP contribution in [0.15, 0.2) is 42.0 Å². The van der Waals surface area contributed by atoms with Gasteiger partial charge in [0.1, 0.15) is 11.3 Å². The molecule has 1 aliphatic rings. The molecule has 32 heavy (non-hydrogen) atoms. The number of amides is 4. The highest BCUT2D eigenvalue weighted by atomic mass is 35.5. The maximum absolute atomic E-state index is 12.9. The Morgan fingerprint density at radius 1 is 1.16 bits per heavy atom. The van der Waals surface area contributed by atoms with Crippen molar-refractivity contribution in [3.05, 3.63) is 52.6 Å². The first kappa shape index (κ1) is 22.6. The molecule has 1 heterocycles. The number of nitrogens with one attached hydrogen (secondary N) is 1. The number of ether oxygens (including phenoxy) is 2. The van der Waals surface area contributed by atoms with E-state index in [1.165, 1.54) is 42.5 Å². The zero-order valence-corrected chi connectivity index (χ0v) is 17.4. The highest BCUT2D eigenvalue weighted by molar-refractivity contribution is 6.39. The van der Waals surface area contributed by atoms with E-state index in [4.69, 9.17) is 26.2 Å². The van der Waals surface area contributed by atoms with Gasteiger partial charge >= 0.3 is 12.0 Å². The number of imide groups is 2. The van der Waals surface area contributed by atoms with E-state index < -0.39 is 30.4 Å². The van der Waals surface area contributed by atoms with Gasteiger partial charge in [-0.1, -0.05) is 11.6 Å². The molecule has 11 heteroatoms. The van der Waals surface area contributed by atoms with E-state index in [9.17, 15) is 24.3 Å². The lowest BCUT2D eigenvalue weighted by molar-refractivity contribution is -0.139. The van der Waals surface area contributed by atoms with Gasteiger partial charge in [-0.25, -0.2) is 14.5 Å². The number of rotatable bonds is 7. The van der Waals surface area contributed by atoms with Crippen molar-refractivity contribution >= 4 is 47.2 Å². The molecule has 0 atom stereocenters. The lowest BCUT2D eigenvalue weighted by atomic mass is 10.1. The van der Waals surface area contributed by atoms with Crippen molar-refractivity contribution in [3.8, 4) is 17.2 Å². The second kappa shape index (κ2) is 9.40. The van der Waals surface area contributed by atoms with Gasteiger partial charge in [0.15, 0.2) is 18.1 Å². The number of benzene rings is 2. The molecule has 3 rings (SSSR count). The lowest BCUT2D eigenvalue weighted by Gasteiger charge is -2.26. The minimum absolute atomic E-state index is 0.000756. The maximum atomic E-state index is 12.9. The number of carboxylic acids is 1. The van der Waals surface area contributed by atoms with Crippen molar-refractivity contribution in [1.82, 2.24) is 5.32 Å². The van der Waals surface area contributed by atoms with E-state index in [-0.39, 0.29) is 45.7 Å². The topological polar surface area (TPSA) is 142 Å². The summed E-state index contributed by atoms with van der Waals surface area (Å²) < 4.78 is 10.6. The minimum atomic E-state index is -1.21. The van der Waals surface area contributed by atoms with Gasteiger partial charge in [0.05, 0.1) is 17.3 Å². The number of hydrogen-bond acceptors (Lipinski definition) is 7. The predicted molar refractivity (Wildman–Crippen MR) is 113 cm³/mol. The van der Waals surface area contributed by atoms with Gasteiger partial charge in [-0.05, 0) is 55.0 Å². The number of nitrogens with zero attached hydrogens (tertiary/aromatic N) is 1. The number of aromatic hydroxyl groups is 1. The monoisotopic (exact) mass is 460 g/mol. The number of carbonyl (C=O) groups excluding carboxylic acids is 3. The molecule has 0 unspecified atom stereocenters. The van der Waals surface area contributed by atoms with Crippen molar-refractivity contribution in [2.24, 2.45) is 0 Å². The van der Waals surface area contributed by atoms with Gasteiger partial charge in [-0.2, -0.15) is 0 Å². The van der Waals surface area contributed by atoms with Gasteiger partial charge in [-0.15, -0.1) is 0 Å². The Labute approximate surface area is 186 Å². The van der Waals surface area contributed by atoms with Crippen molar-refractivity contribution in [2.45, 2.75) is 6.92 Å². The van der Waals surface area contributed by atoms with E-state index in [0.29, 0.717) is 0 Å². The largest absolute Gasteiger partial charge is 0.508 e. The molecule has 2 aromatic rings. The summed E-state index contributed by atoms with van der Waals surface area (Å²) in [5, 5.41) is 20.3. The van der Waals surface area contributed by atoms with E-state index in [0.717, 1.165) is 4.90 Å². The molecule has 0 saturated carbocycles. The fourth-order valence-corrected chi connectivity index (χ4v) is 3.14. The van der Waals surface area contributed by atoms with Crippen LogP contribution in [0.25, 0.3) is 6.08 Å².